The Hall–Kier alpha value is -2.25. The van der Waals surface area contributed by atoms with Gasteiger partial charge in [-0.25, -0.2) is 4.98 Å². The van der Waals surface area contributed by atoms with Crippen molar-refractivity contribution in [2.75, 3.05) is 26.7 Å². The minimum atomic E-state index is -0.0513. The number of aromatic amines is 1. The number of H-pyrrole nitrogens is 1. The van der Waals surface area contributed by atoms with E-state index >= 15 is 0 Å². The fraction of sp³-hybridized carbons (Fsp3) is 0.526. The van der Waals surface area contributed by atoms with Crippen LogP contribution in [0.1, 0.15) is 25.1 Å². The Balaban J connectivity index is 1.35. The zero-order valence-electron chi connectivity index (χ0n) is 15.2. The van der Waals surface area contributed by atoms with Gasteiger partial charge in [0.15, 0.2) is 5.82 Å². The molecule has 1 atom stereocenters. The van der Waals surface area contributed by atoms with Gasteiger partial charge in [-0.15, -0.1) is 0 Å². The van der Waals surface area contributed by atoms with Crippen LogP contribution in [0.2, 0.25) is 0 Å². The molecule has 138 valence electrons. The number of aromatic nitrogens is 3. The summed E-state index contributed by atoms with van der Waals surface area (Å²) in [6.45, 7) is 3.50. The monoisotopic (exact) mass is 354 g/mol. The molecule has 2 aliphatic heterocycles. The molecule has 2 aliphatic rings. The molecule has 0 radical (unpaired) electrons. The Kier molecular flexibility index (Phi) is 4.74. The quantitative estimate of drug-likeness (QED) is 0.767. The molecule has 7 nitrogen and oxygen atoms in total. The van der Waals surface area contributed by atoms with Crippen molar-refractivity contribution in [3.05, 3.63) is 36.2 Å². The standard InChI is InChI=1S/C19H26N6O/c1-25-13-19(7-9-20-10-8-19)11-15(25)18(26)21-12-16-22-17(24-23-16)14-5-3-2-4-6-14/h2-6,15,20H,7-13H2,1H3,(H,21,26)(H,22,23,24). The van der Waals surface area contributed by atoms with Gasteiger partial charge in [0.2, 0.25) is 5.91 Å². The summed E-state index contributed by atoms with van der Waals surface area (Å²) < 4.78 is 0. The number of carbonyl (C=O) groups is 1. The zero-order valence-corrected chi connectivity index (χ0v) is 15.2. The van der Waals surface area contributed by atoms with Gasteiger partial charge in [0, 0.05) is 12.1 Å². The number of amides is 1. The second-order valence-corrected chi connectivity index (χ2v) is 7.57. The summed E-state index contributed by atoms with van der Waals surface area (Å²) in [4.78, 5) is 19.4. The van der Waals surface area contributed by atoms with Crippen LogP contribution in [0.3, 0.4) is 0 Å². The van der Waals surface area contributed by atoms with Crippen LogP contribution < -0.4 is 10.6 Å². The van der Waals surface area contributed by atoms with Crippen molar-refractivity contribution >= 4 is 5.91 Å². The fourth-order valence-electron chi connectivity index (χ4n) is 4.26. The SMILES string of the molecule is CN1CC2(CCNCC2)CC1C(=O)NCc1nc(-c2ccccc2)n[nH]1. The Labute approximate surface area is 153 Å². The van der Waals surface area contributed by atoms with Crippen LogP contribution >= 0.6 is 0 Å². The van der Waals surface area contributed by atoms with Gasteiger partial charge in [-0.05, 0) is 44.8 Å². The van der Waals surface area contributed by atoms with Crippen LogP contribution in [0.25, 0.3) is 11.4 Å². The molecule has 1 aromatic heterocycles. The van der Waals surface area contributed by atoms with E-state index in [1.165, 1.54) is 0 Å². The highest BCUT2D eigenvalue weighted by atomic mass is 16.2. The molecule has 4 rings (SSSR count). The lowest BCUT2D eigenvalue weighted by Crippen LogP contribution is -2.41. The lowest BCUT2D eigenvalue weighted by molar-refractivity contribution is -0.125. The first-order chi connectivity index (χ1) is 12.7. The molecule has 2 aromatic rings. The lowest BCUT2D eigenvalue weighted by Gasteiger charge is -2.33. The molecular formula is C19H26N6O. The fourth-order valence-corrected chi connectivity index (χ4v) is 4.26. The predicted octanol–water partition coefficient (Wildman–Crippen LogP) is 1.16. The summed E-state index contributed by atoms with van der Waals surface area (Å²) in [6.07, 6.45) is 3.26. The first-order valence-electron chi connectivity index (χ1n) is 9.31. The molecule has 3 heterocycles. The molecule has 26 heavy (non-hydrogen) atoms. The molecular weight excluding hydrogens is 328 g/mol. The molecule has 0 saturated carbocycles. The van der Waals surface area contributed by atoms with E-state index in [0.717, 1.165) is 44.5 Å². The topological polar surface area (TPSA) is 85.9 Å². The van der Waals surface area contributed by atoms with E-state index in [1.54, 1.807) is 0 Å². The average Bonchev–Trinajstić information content (AvgIpc) is 3.26. The zero-order chi connectivity index (χ0) is 18.0. The van der Waals surface area contributed by atoms with Crippen LogP contribution in [-0.2, 0) is 11.3 Å². The Morgan fingerprint density at radius 3 is 2.85 bits per heavy atom. The van der Waals surface area contributed by atoms with Crippen molar-refractivity contribution in [2.45, 2.75) is 31.8 Å². The van der Waals surface area contributed by atoms with Crippen molar-refractivity contribution in [1.82, 2.24) is 30.7 Å². The van der Waals surface area contributed by atoms with Gasteiger partial charge in [-0.3, -0.25) is 14.8 Å². The molecule has 3 N–H and O–H groups in total. The number of hydrogen-bond acceptors (Lipinski definition) is 5. The molecule has 2 fully saturated rings. The van der Waals surface area contributed by atoms with Crippen molar-refractivity contribution in [1.29, 1.82) is 0 Å². The summed E-state index contributed by atoms with van der Waals surface area (Å²) in [7, 11) is 2.06. The Bertz CT molecular complexity index is 752. The Morgan fingerprint density at radius 1 is 1.31 bits per heavy atom. The number of carbonyl (C=O) groups excluding carboxylic acids is 1. The number of likely N-dealkylation sites (tertiary alicyclic amines) is 1. The highest BCUT2D eigenvalue weighted by Gasteiger charge is 2.45. The van der Waals surface area contributed by atoms with E-state index in [4.69, 9.17) is 0 Å². The van der Waals surface area contributed by atoms with Crippen LogP contribution in [0.5, 0.6) is 0 Å². The summed E-state index contributed by atoms with van der Waals surface area (Å²) in [6, 6.07) is 9.77. The predicted molar refractivity (Wildman–Crippen MR) is 99.2 cm³/mol. The molecule has 1 aromatic carbocycles. The highest BCUT2D eigenvalue weighted by molar-refractivity contribution is 5.82. The average molecular weight is 354 g/mol. The highest BCUT2D eigenvalue weighted by Crippen LogP contribution is 2.41. The number of hydrogen-bond donors (Lipinski definition) is 3. The minimum absolute atomic E-state index is 0.0513. The third-order valence-corrected chi connectivity index (χ3v) is 5.70. The third kappa shape index (κ3) is 3.50. The van der Waals surface area contributed by atoms with Gasteiger partial charge in [0.1, 0.15) is 5.82 Å². The number of likely N-dealkylation sites (N-methyl/N-ethyl adjacent to an activating group) is 1. The second kappa shape index (κ2) is 7.17. The summed E-state index contributed by atoms with van der Waals surface area (Å²) in [5, 5.41) is 13.6. The maximum Gasteiger partial charge on any atom is 0.237 e. The van der Waals surface area contributed by atoms with Gasteiger partial charge in [0.05, 0.1) is 12.6 Å². The van der Waals surface area contributed by atoms with Crippen molar-refractivity contribution in [3.63, 3.8) is 0 Å². The third-order valence-electron chi connectivity index (χ3n) is 5.70. The number of nitrogens with zero attached hydrogens (tertiary/aromatic N) is 3. The van der Waals surface area contributed by atoms with Crippen LogP contribution in [-0.4, -0.2) is 58.7 Å². The summed E-state index contributed by atoms with van der Waals surface area (Å²) in [5.41, 5.74) is 1.26. The summed E-state index contributed by atoms with van der Waals surface area (Å²) in [5.74, 6) is 1.41. The van der Waals surface area contributed by atoms with Gasteiger partial charge in [0.25, 0.3) is 0 Å². The lowest BCUT2D eigenvalue weighted by atomic mass is 9.77. The number of rotatable bonds is 4. The normalized spacial score (nSPS) is 22.6. The molecule has 1 amide bonds. The summed E-state index contributed by atoms with van der Waals surface area (Å²) >= 11 is 0. The van der Waals surface area contributed by atoms with E-state index in [-0.39, 0.29) is 11.9 Å². The van der Waals surface area contributed by atoms with Gasteiger partial charge < -0.3 is 10.6 Å². The molecule has 2 saturated heterocycles. The van der Waals surface area contributed by atoms with Crippen LogP contribution in [0.4, 0.5) is 0 Å². The first-order valence-corrected chi connectivity index (χ1v) is 9.31. The van der Waals surface area contributed by atoms with E-state index < -0.39 is 0 Å². The van der Waals surface area contributed by atoms with Gasteiger partial charge in [-0.1, -0.05) is 30.3 Å². The van der Waals surface area contributed by atoms with E-state index in [9.17, 15) is 4.79 Å². The van der Waals surface area contributed by atoms with Gasteiger partial charge in [-0.2, -0.15) is 5.10 Å². The van der Waals surface area contributed by atoms with Crippen molar-refractivity contribution in [3.8, 4) is 11.4 Å². The second-order valence-electron chi connectivity index (χ2n) is 7.57. The van der Waals surface area contributed by atoms with Gasteiger partial charge >= 0.3 is 0 Å². The number of benzene rings is 1. The van der Waals surface area contributed by atoms with Crippen molar-refractivity contribution in [2.24, 2.45) is 5.41 Å². The number of nitrogens with one attached hydrogen (secondary N) is 3. The number of piperidine rings is 1. The first kappa shape index (κ1) is 17.2. The molecule has 0 aliphatic carbocycles. The van der Waals surface area contributed by atoms with Crippen molar-refractivity contribution < 1.29 is 4.79 Å². The van der Waals surface area contributed by atoms with Crippen LogP contribution in [0.15, 0.2) is 30.3 Å². The van der Waals surface area contributed by atoms with Crippen LogP contribution in [0, 0.1) is 5.41 Å². The largest absolute Gasteiger partial charge is 0.347 e. The molecule has 7 heteroatoms. The maximum absolute atomic E-state index is 12.7. The smallest absolute Gasteiger partial charge is 0.237 e. The molecule has 1 spiro atoms. The molecule has 0 bridgehead atoms. The minimum Gasteiger partial charge on any atom is -0.347 e. The van der Waals surface area contributed by atoms with E-state index in [0.29, 0.717) is 23.6 Å². The Morgan fingerprint density at radius 2 is 2.08 bits per heavy atom. The van der Waals surface area contributed by atoms with E-state index in [2.05, 4.69) is 37.8 Å². The van der Waals surface area contributed by atoms with E-state index in [1.807, 2.05) is 30.3 Å². The maximum atomic E-state index is 12.7. The molecule has 1 unspecified atom stereocenters.